The van der Waals surface area contributed by atoms with E-state index in [0.29, 0.717) is 30.3 Å². The van der Waals surface area contributed by atoms with Crippen LogP contribution in [-0.2, 0) is 17.8 Å². The molecule has 2 heterocycles. The van der Waals surface area contributed by atoms with E-state index in [4.69, 9.17) is 10.5 Å². The Labute approximate surface area is 150 Å². The van der Waals surface area contributed by atoms with E-state index < -0.39 is 0 Å². The average Bonchev–Trinajstić information content (AvgIpc) is 3.02. The van der Waals surface area contributed by atoms with Crippen LogP contribution in [0.3, 0.4) is 0 Å². The first-order valence-corrected chi connectivity index (χ1v) is 8.78. The van der Waals surface area contributed by atoms with E-state index in [1.165, 1.54) is 4.68 Å². The lowest BCUT2D eigenvalue weighted by Gasteiger charge is -2.31. The van der Waals surface area contributed by atoms with E-state index in [-0.39, 0.29) is 18.1 Å². The highest BCUT2D eigenvalue weighted by molar-refractivity contribution is 5.80. The van der Waals surface area contributed by atoms with Crippen LogP contribution < -0.4 is 11.3 Å². The monoisotopic (exact) mass is 354 g/mol. The average molecular weight is 354 g/mol. The fraction of sp³-hybridized carbons (Fsp3) is 0.444. The van der Waals surface area contributed by atoms with Crippen molar-refractivity contribution in [1.82, 2.24) is 24.5 Å². The Hall–Kier alpha value is -2.58. The fourth-order valence-electron chi connectivity index (χ4n) is 3.44. The van der Waals surface area contributed by atoms with Crippen molar-refractivity contribution >= 4 is 10.8 Å². The Morgan fingerprint density at radius 1 is 1.27 bits per heavy atom. The Kier molecular flexibility index (Phi) is 4.52. The van der Waals surface area contributed by atoms with Crippen molar-refractivity contribution in [3.05, 3.63) is 52.5 Å². The molecule has 2 aromatic heterocycles. The van der Waals surface area contributed by atoms with Gasteiger partial charge in [-0.1, -0.05) is 18.2 Å². The molecule has 0 aliphatic heterocycles. The van der Waals surface area contributed by atoms with Gasteiger partial charge in [-0.25, -0.2) is 4.68 Å². The van der Waals surface area contributed by atoms with E-state index in [1.807, 2.05) is 28.8 Å². The van der Waals surface area contributed by atoms with Crippen LogP contribution in [0.2, 0.25) is 0 Å². The minimum Gasteiger partial charge on any atom is -0.383 e. The molecule has 0 atom stereocenters. The van der Waals surface area contributed by atoms with Crippen LogP contribution in [-0.4, -0.2) is 44.3 Å². The number of rotatable bonds is 6. The van der Waals surface area contributed by atoms with Gasteiger partial charge in [0.2, 0.25) is 0 Å². The molecule has 0 bridgehead atoms. The van der Waals surface area contributed by atoms with Crippen LogP contribution in [0.5, 0.6) is 0 Å². The van der Waals surface area contributed by atoms with Gasteiger partial charge in [0.25, 0.3) is 5.56 Å². The number of nitrogens with two attached hydrogens (primary N) is 1. The van der Waals surface area contributed by atoms with Crippen LogP contribution in [0.4, 0.5) is 0 Å². The number of ether oxygens (including phenoxy) is 1. The van der Waals surface area contributed by atoms with Gasteiger partial charge in [0.05, 0.1) is 18.2 Å². The molecular formula is C18H22N6O2. The first-order chi connectivity index (χ1) is 12.7. The second-order valence-corrected chi connectivity index (χ2v) is 6.74. The second kappa shape index (κ2) is 6.97. The van der Waals surface area contributed by atoms with Gasteiger partial charge < -0.3 is 15.0 Å². The van der Waals surface area contributed by atoms with Crippen molar-refractivity contribution < 1.29 is 4.74 Å². The molecule has 1 aliphatic carbocycles. The van der Waals surface area contributed by atoms with Gasteiger partial charge in [0, 0.05) is 31.0 Å². The molecule has 0 saturated heterocycles. The number of hydrogen-bond acceptors (Lipinski definition) is 6. The summed E-state index contributed by atoms with van der Waals surface area (Å²) in [7, 11) is 1.67. The molecule has 8 heteroatoms. The van der Waals surface area contributed by atoms with Gasteiger partial charge >= 0.3 is 0 Å². The molecule has 4 rings (SSSR count). The lowest BCUT2D eigenvalue weighted by atomic mass is 9.80. The highest BCUT2D eigenvalue weighted by atomic mass is 16.5. The maximum Gasteiger partial charge on any atom is 0.275 e. The molecule has 1 saturated carbocycles. The van der Waals surface area contributed by atoms with E-state index in [9.17, 15) is 4.79 Å². The molecule has 0 amide bonds. The summed E-state index contributed by atoms with van der Waals surface area (Å²) in [6.07, 6.45) is 3.54. The van der Waals surface area contributed by atoms with Gasteiger partial charge in [-0.05, 0) is 18.9 Å². The van der Waals surface area contributed by atoms with Gasteiger partial charge in [0.1, 0.15) is 12.4 Å². The van der Waals surface area contributed by atoms with Crippen LogP contribution >= 0.6 is 0 Å². The topological polar surface area (TPSA) is 101 Å². The van der Waals surface area contributed by atoms with Crippen LogP contribution in [0.15, 0.2) is 35.3 Å². The standard InChI is InChI=1S/C18H22N6O2/c1-26-7-6-23-16(21-22-17(23)13-8-14(19)9-13)11-24-18(25)15-5-3-2-4-12(15)10-20-24/h2-5,10,13-14H,6-9,11,19H2,1H3. The van der Waals surface area contributed by atoms with Gasteiger partial charge in [-0.3, -0.25) is 4.79 Å². The fourth-order valence-corrected chi connectivity index (χ4v) is 3.44. The normalized spacial score (nSPS) is 19.6. The van der Waals surface area contributed by atoms with E-state index in [0.717, 1.165) is 24.1 Å². The molecule has 26 heavy (non-hydrogen) atoms. The van der Waals surface area contributed by atoms with Crippen molar-refractivity contribution in [1.29, 1.82) is 0 Å². The highest BCUT2D eigenvalue weighted by Crippen LogP contribution is 2.34. The smallest absolute Gasteiger partial charge is 0.275 e. The summed E-state index contributed by atoms with van der Waals surface area (Å²) in [5.74, 6) is 1.96. The minimum absolute atomic E-state index is 0.128. The van der Waals surface area contributed by atoms with Crippen LogP contribution in [0.25, 0.3) is 10.8 Å². The maximum atomic E-state index is 12.7. The third kappa shape index (κ3) is 3.02. The minimum atomic E-state index is -0.128. The number of methoxy groups -OCH3 is 1. The lowest BCUT2D eigenvalue weighted by molar-refractivity contribution is 0.183. The zero-order valence-electron chi connectivity index (χ0n) is 14.7. The summed E-state index contributed by atoms with van der Waals surface area (Å²) in [6, 6.07) is 7.68. The summed E-state index contributed by atoms with van der Waals surface area (Å²) in [6.45, 7) is 1.47. The molecule has 1 aromatic carbocycles. The Morgan fingerprint density at radius 2 is 2.08 bits per heavy atom. The van der Waals surface area contributed by atoms with Crippen molar-refractivity contribution in [2.24, 2.45) is 5.73 Å². The summed E-state index contributed by atoms with van der Waals surface area (Å²) in [5, 5.41) is 14.5. The maximum absolute atomic E-state index is 12.7. The van der Waals surface area contributed by atoms with Gasteiger partial charge in [0.15, 0.2) is 5.82 Å². The van der Waals surface area contributed by atoms with Crippen LogP contribution in [0.1, 0.15) is 30.4 Å². The predicted octanol–water partition coefficient (Wildman–Crippen LogP) is 0.887. The third-order valence-electron chi connectivity index (χ3n) is 4.97. The number of nitrogens with zero attached hydrogens (tertiary/aromatic N) is 5. The van der Waals surface area contributed by atoms with E-state index in [1.54, 1.807) is 13.3 Å². The van der Waals surface area contributed by atoms with Gasteiger partial charge in [-0.2, -0.15) is 5.10 Å². The molecule has 1 fully saturated rings. The molecule has 8 nitrogen and oxygen atoms in total. The summed E-state index contributed by atoms with van der Waals surface area (Å²) in [4.78, 5) is 12.7. The van der Waals surface area contributed by atoms with Crippen molar-refractivity contribution in [2.45, 2.75) is 37.9 Å². The summed E-state index contributed by atoms with van der Waals surface area (Å²) in [5.41, 5.74) is 5.79. The largest absolute Gasteiger partial charge is 0.383 e. The molecule has 2 N–H and O–H groups in total. The third-order valence-corrected chi connectivity index (χ3v) is 4.97. The molecule has 1 aliphatic rings. The zero-order chi connectivity index (χ0) is 18.1. The summed E-state index contributed by atoms with van der Waals surface area (Å²) >= 11 is 0. The first kappa shape index (κ1) is 16.9. The molecule has 0 radical (unpaired) electrons. The SMILES string of the molecule is COCCn1c(Cn2ncc3ccccc3c2=O)nnc1C1CC(N)C1. The first-order valence-electron chi connectivity index (χ1n) is 8.78. The number of benzene rings is 1. The van der Waals surface area contributed by atoms with E-state index >= 15 is 0 Å². The van der Waals surface area contributed by atoms with Crippen molar-refractivity contribution in [2.75, 3.05) is 13.7 Å². The quantitative estimate of drug-likeness (QED) is 0.705. The Balaban J connectivity index is 1.67. The van der Waals surface area contributed by atoms with E-state index in [2.05, 4.69) is 15.3 Å². The predicted molar refractivity (Wildman–Crippen MR) is 97.0 cm³/mol. The molecule has 0 spiro atoms. The molecule has 0 unspecified atom stereocenters. The van der Waals surface area contributed by atoms with Gasteiger partial charge in [-0.15, -0.1) is 10.2 Å². The number of fused-ring (bicyclic) bond motifs is 1. The molecular weight excluding hydrogens is 332 g/mol. The second-order valence-electron chi connectivity index (χ2n) is 6.74. The van der Waals surface area contributed by atoms with Crippen molar-refractivity contribution in [3.63, 3.8) is 0 Å². The Bertz CT molecular complexity index is 973. The zero-order valence-corrected chi connectivity index (χ0v) is 14.7. The number of hydrogen-bond donors (Lipinski definition) is 1. The lowest BCUT2D eigenvalue weighted by Crippen LogP contribution is -2.36. The summed E-state index contributed by atoms with van der Waals surface area (Å²) < 4.78 is 8.71. The number of aromatic nitrogens is 5. The molecule has 136 valence electrons. The highest BCUT2D eigenvalue weighted by Gasteiger charge is 2.32. The van der Waals surface area contributed by atoms with Crippen LogP contribution in [0, 0.1) is 0 Å². The Morgan fingerprint density at radius 3 is 2.85 bits per heavy atom. The molecule has 3 aromatic rings. The van der Waals surface area contributed by atoms with Crippen molar-refractivity contribution in [3.8, 4) is 0 Å².